The van der Waals surface area contributed by atoms with Crippen molar-refractivity contribution in [3.05, 3.63) is 34.3 Å². The molecule has 0 saturated carbocycles. The molecular weight excluding hydrogens is 473 g/mol. The summed E-state index contributed by atoms with van der Waals surface area (Å²) in [5.74, 6) is -0.152. The van der Waals surface area contributed by atoms with Gasteiger partial charge in [-0.2, -0.15) is 5.11 Å². The number of Topliss-reactive ketones (excluding diaryl/α,β-unsaturated/α-hetero) is 1. The maximum atomic E-state index is 13.0. The molecule has 0 spiro atoms. The van der Waals surface area contributed by atoms with Gasteiger partial charge in [-0.3, -0.25) is 9.59 Å². The Morgan fingerprint density at radius 1 is 0.909 bits per heavy atom. The van der Waals surface area contributed by atoms with Crippen molar-refractivity contribution in [2.45, 2.75) is 26.8 Å². The summed E-state index contributed by atoms with van der Waals surface area (Å²) in [6.07, 6.45) is 0. The molecule has 33 heavy (non-hydrogen) atoms. The lowest BCUT2D eigenvalue weighted by atomic mass is 10.2. The van der Waals surface area contributed by atoms with Gasteiger partial charge in [0.25, 0.3) is 5.91 Å². The van der Waals surface area contributed by atoms with Gasteiger partial charge in [0.2, 0.25) is 6.04 Å². The molecule has 178 valence electrons. The number of carbonyl (C=O) groups is 2. The van der Waals surface area contributed by atoms with Crippen LogP contribution in [0.1, 0.15) is 20.8 Å². The smallest absolute Gasteiger partial charge is 0.259 e. The second-order valence-corrected chi connectivity index (χ2v) is 7.39. The molecule has 1 N–H and O–H groups in total. The van der Waals surface area contributed by atoms with Crippen molar-refractivity contribution < 1.29 is 28.5 Å². The summed E-state index contributed by atoms with van der Waals surface area (Å²) in [6, 6.07) is 4.64. The number of amides is 1. The lowest BCUT2D eigenvalue weighted by Gasteiger charge is -2.18. The Bertz CT molecular complexity index is 993. The Kier molecular flexibility index (Phi) is 9.74. The van der Waals surface area contributed by atoms with E-state index in [0.717, 1.165) is 0 Å². The molecule has 2 aromatic rings. The zero-order valence-electron chi connectivity index (χ0n) is 18.9. The first-order valence-electron chi connectivity index (χ1n) is 9.98. The number of nitrogens with zero attached hydrogens (tertiary/aromatic N) is 2. The van der Waals surface area contributed by atoms with Crippen molar-refractivity contribution in [3.8, 4) is 23.0 Å². The van der Waals surface area contributed by atoms with Crippen LogP contribution in [0.2, 0.25) is 10.0 Å². The molecule has 0 aliphatic heterocycles. The number of methoxy groups -OCH3 is 2. The molecule has 0 heterocycles. The second kappa shape index (κ2) is 12.3. The summed E-state index contributed by atoms with van der Waals surface area (Å²) < 4.78 is 21.7. The van der Waals surface area contributed by atoms with E-state index >= 15 is 0 Å². The maximum absolute atomic E-state index is 13.0. The number of benzene rings is 2. The summed E-state index contributed by atoms with van der Waals surface area (Å²) in [5, 5.41) is 11.4. The molecule has 0 saturated heterocycles. The lowest BCUT2D eigenvalue weighted by Crippen LogP contribution is -2.32. The Morgan fingerprint density at radius 2 is 1.36 bits per heavy atom. The van der Waals surface area contributed by atoms with E-state index in [1.54, 1.807) is 13.8 Å². The summed E-state index contributed by atoms with van der Waals surface area (Å²) in [4.78, 5) is 25.3. The van der Waals surface area contributed by atoms with E-state index in [9.17, 15) is 9.59 Å². The molecule has 9 nitrogen and oxygen atoms in total. The van der Waals surface area contributed by atoms with Gasteiger partial charge in [-0.1, -0.05) is 23.2 Å². The molecule has 2 rings (SSSR count). The van der Waals surface area contributed by atoms with Crippen LogP contribution in [0.3, 0.4) is 0 Å². The topological polar surface area (TPSA) is 108 Å². The van der Waals surface area contributed by atoms with Crippen LogP contribution in [0.4, 0.5) is 11.4 Å². The molecule has 0 aliphatic carbocycles. The molecule has 1 unspecified atom stereocenters. The number of anilines is 1. The van der Waals surface area contributed by atoms with E-state index in [1.807, 2.05) is 0 Å². The lowest BCUT2D eigenvalue weighted by molar-refractivity contribution is -0.126. The number of ketones is 1. The summed E-state index contributed by atoms with van der Waals surface area (Å²) in [6.45, 7) is 5.44. The van der Waals surface area contributed by atoms with Crippen LogP contribution < -0.4 is 24.3 Å². The number of ether oxygens (including phenoxy) is 4. The van der Waals surface area contributed by atoms with E-state index in [0.29, 0.717) is 34.8 Å². The minimum absolute atomic E-state index is 0.181. The first kappa shape index (κ1) is 26.2. The van der Waals surface area contributed by atoms with Crippen molar-refractivity contribution in [2.75, 3.05) is 32.8 Å². The van der Waals surface area contributed by atoms with E-state index in [1.165, 1.54) is 45.4 Å². The molecule has 0 fully saturated rings. The van der Waals surface area contributed by atoms with Gasteiger partial charge in [0.1, 0.15) is 17.2 Å². The molecule has 0 radical (unpaired) electrons. The van der Waals surface area contributed by atoms with E-state index < -0.39 is 17.7 Å². The highest BCUT2D eigenvalue weighted by Crippen LogP contribution is 2.41. The Labute approximate surface area is 202 Å². The summed E-state index contributed by atoms with van der Waals surface area (Å²) in [5.41, 5.74) is 0.413. The zero-order valence-corrected chi connectivity index (χ0v) is 20.4. The monoisotopic (exact) mass is 497 g/mol. The Morgan fingerprint density at radius 3 is 1.76 bits per heavy atom. The number of azo groups is 1. The van der Waals surface area contributed by atoms with Crippen LogP contribution in [0, 0.1) is 0 Å². The van der Waals surface area contributed by atoms with Gasteiger partial charge in [-0.25, -0.2) is 0 Å². The molecule has 2 aromatic carbocycles. The van der Waals surface area contributed by atoms with Crippen LogP contribution in [-0.4, -0.2) is 45.2 Å². The van der Waals surface area contributed by atoms with Gasteiger partial charge in [0.05, 0.1) is 27.4 Å². The highest BCUT2D eigenvalue weighted by atomic mass is 35.5. The Balaban J connectivity index is 2.43. The average Bonchev–Trinajstić information content (AvgIpc) is 2.76. The van der Waals surface area contributed by atoms with Crippen molar-refractivity contribution in [3.63, 3.8) is 0 Å². The van der Waals surface area contributed by atoms with Gasteiger partial charge >= 0.3 is 0 Å². The highest BCUT2D eigenvalue weighted by molar-refractivity contribution is 6.31. The fraction of sp³-hybridized carbons (Fsp3) is 0.364. The third-order valence-corrected chi connectivity index (χ3v) is 4.67. The van der Waals surface area contributed by atoms with Gasteiger partial charge in [-0.05, 0) is 20.8 Å². The summed E-state index contributed by atoms with van der Waals surface area (Å²) in [7, 11) is 2.84. The van der Waals surface area contributed by atoms with E-state index in [-0.39, 0.29) is 22.9 Å². The molecule has 0 aromatic heterocycles. The number of nitrogens with one attached hydrogen (secondary N) is 1. The van der Waals surface area contributed by atoms with Crippen LogP contribution in [0.15, 0.2) is 34.5 Å². The van der Waals surface area contributed by atoms with Gasteiger partial charge in [0.15, 0.2) is 23.0 Å². The highest BCUT2D eigenvalue weighted by Gasteiger charge is 2.26. The number of halogens is 2. The summed E-state index contributed by atoms with van der Waals surface area (Å²) >= 11 is 12.2. The first-order valence-corrected chi connectivity index (χ1v) is 10.7. The number of rotatable bonds is 11. The molecule has 1 amide bonds. The third kappa shape index (κ3) is 6.72. The minimum atomic E-state index is -1.46. The fourth-order valence-corrected chi connectivity index (χ4v) is 3.20. The first-order chi connectivity index (χ1) is 15.7. The van der Waals surface area contributed by atoms with Gasteiger partial charge in [-0.15, -0.1) is 5.11 Å². The molecular formula is C22H25Cl2N3O6. The number of hydrogen-bond acceptors (Lipinski definition) is 8. The Hall–Kier alpha value is -3.04. The number of carbonyl (C=O) groups excluding carboxylic acids is 2. The van der Waals surface area contributed by atoms with Gasteiger partial charge in [0, 0.05) is 34.3 Å². The van der Waals surface area contributed by atoms with E-state index in [2.05, 4.69) is 15.5 Å². The standard InChI is InChI=1S/C22H25Cl2N3O6/c1-6-32-17-10-14(24)11-18(33-7-2)20(17)25-22(29)19(12(3)28)26-27-21-15(30-4)8-13(23)9-16(21)31-5/h8-11,19H,6-7H2,1-5H3,(H,25,29). The van der Waals surface area contributed by atoms with Crippen LogP contribution in [-0.2, 0) is 9.59 Å². The van der Waals surface area contributed by atoms with E-state index in [4.69, 9.17) is 42.1 Å². The van der Waals surface area contributed by atoms with Crippen LogP contribution >= 0.6 is 23.2 Å². The minimum Gasteiger partial charge on any atom is -0.494 e. The normalized spacial score (nSPS) is 11.7. The quantitative estimate of drug-likeness (QED) is 0.324. The van der Waals surface area contributed by atoms with Gasteiger partial charge < -0.3 is 24.3 Å². The zero-order chi connectivity index (χ0) is 24.5. The van der Waals surface area contributed by atoms with Crippen molar-refractivity contribution >= 4 is 46.3 Å². The molecule has 11 heteroatoms. The fourth-order valence-electron chi connectivity index (χ4n) is 2.81. The SMILES string of the molecule is CCOc1cc(Cl)cc(OCC)c1NC(=O)C(N=Nc1c(OC)cc(Cl)cc1OC)C(C)=O. The maximum Gasteiger partial charge on any atom is 0.259 e. The van der Waals surface area contributed by atoms with Crippen LogP contribution in [0.5, 0.6) is 23.0 Å². The van der Waals surface area contributed by atoms with Crippen molar-refractivity contribution in [2.24, 2.45) is 10.2 Å². The molecule has 1 atom stereocenters. The molecule has 0 bridgehead atoms. The number of hydrogen-bond donors (Lipinski definition) is 1. The van der Waals surface area contributed by atoms with Crippen LogP contribution in [0.25, 0.3) is 0 Å². The molecule has 0 aliphatic rings. The van der Waals surface area contributed by atoms with Crippen molar-refractivity contribution in [1.82, 2.24) is 0 Å². The van der Waals surface area contributed by atoms with Crippen molar-refractivity contribution in [1.29, 1.82) is 0 Å². The third-order valence-electron chi connectivity index (χ3n) is 4.23. The predicted octanol–water partition coefficient (Wildman–Crippen LogP) is 5.49. The predicted molar refractivity (Wildman–Crippen MR) is 126 cm³/mol. The second-order valence-electron chi connectivity index (χ2n) is 6.52. The average molecular weight is 498 g/mol. The largest absolute Gasteiger partial charge is 0.494 e.